The van der Waals surface area contributed by atoms with E-state index in [0.29, 0.717) is 57.8 Å². The molecule has 0 saturated carbocycles. The molecular weight excluding hydrogens is 1900 g/mol. The number of urea groups is 3. The summed E-state index contributed by atoms with van der Waals surface area (Å²) < 4.78 is 130. The topological polar surface area (TPSA) is 637 Å². The Morgan fingerprint density at radius 3 is 1.06 bits per heavy atom. The minimum absolute atomic E-state index is 0.00904. The molecule has 4 aliphatic rings. The van der Waals surface area contributed by atoms with Crippen LogP contribution >= 0.6 is 0 Å². The number of hydrogen-bond acceptors (Lipinski definition) is 41. The molecule has 0 radical (unpaired) electrons. The van der Waals surface area contributed by atoms with Gasteiger partial charge in [-0.1, -0.05) is 40.0 Å². The highest BCUT2D eigenvalue weighted by Gasteiger charge is 2.48. The minimum atomic E-state index is -3.95. The number of methoxy groups -OCH3 is 3. The Morgan fingerprint density at radius 2 is 0.720 bits per heavy atom. The SMILES string of the molecule is CCC[C@H]1O[C@H](COC)[C@H](O)[C@H](O)[C@H]1Nc1nccc(OCCOCCOCCNC(=O)NCCCC(CCCNC(=O)NCCOCCOCCOc2ccnc(N[C@@H]3[C@@H](O)[C@@H](O)[C@@H](COC)O[C@@H]3CCC)n2)(CCCNC(=O)NCCOCCOCCOc2ccnc(N[C@@H]3[C@@H](O)[C@@H](O)[C@@H](COC)O[C@@H]3CCC)n2)NC(=O)C=COCCOCCOCCNS(=O)(=O)c2ccc(N3C(=O)C=CC3=O)cc2)n1. The molecule has 15 atom stereocenters. The van der Waals surface area contributed by atoms with Crippen molar-refractivity contribution in [3.05, 3.63) is 85.5 Å². The third-order valence-electron chi connectivity index (χ3n) is 22.7. The van der Waals surface area contributed by atoms with E-state index in [1.54, 1.807) is 18.2 Å². The minimum Gasteiger partial charge on any atom is -0.499 e. The fourth-order valence-corrected chi connectivity index (χ4v) is 16.7. The maximum atomic E-state index is 14.1. The molecule has 50 nitrogen and oxygen atoms in total. The molecule has 8 rings (SSSR count). The van der Waals surface area contributed by atoms with E-state index in [1.807, 2.05) is 20.8 Å². The molecule has 143 heavy (non-hydrogen) atoms. The highest BCUT2D eigenvalue weighted by atomic mass is 32.2. The summed E-state index contributed by atoms with van der Waals surface area (Å²) >= 11 is 0. The molecule has 0 unspecified atom stereocenters. The molecule has 804 valence electrons. The van der Waals surface area contributed by atoms with Gasteiger partial charge in [0, 0.05) is 128 Å². The molecule has 4 aromatic rings. The number of amides is 9. The zero-order chi connectivity index (χ0) is 103. The van der Waals surface area contributed by atoms with E-state index in [1.165, 1.54) is 76.5 Å². The molecule has 3 fully saturated rings. The molecule has 3 saturated heterocycles. The van der Waals surface area contributed by atoms with Gasteiger partial charge >= 0.3 is 18.1 Å². The summed E-state index contributed by atoms with van der Waals surface area (Å²) in [4.78, 5) is 105. The zero-order valence-electron chi connectivity index (χ0n) is 82.3. The lowest BCUT2D eigenvalue weighted by molar-refractivity contribution is -0.189. The quantitative estimate of drug-likeness (QED) is 0.0119. The van der Waals surface area contributed by atoms with Gasteiger partial charge in [-0.2, -0.15) is 15.0 Å². The van der Waals surface area contributed by atoms with Crippen molar-refractivity contribution in [1.29, 1.82) is 0 Å². The third kappa shape index (κ3) is 43.3. The number of nitrogens with one attached hydrogen (secondary N) is 11. The fraction of sp³-hybridized carbons (Fsp3) is 0.696. The lowest BCUT2D eigenvalue weighted by Crippen LogP contribution is -2.61. The number of aliphatic hydroxyl groups excluding tert-OH is 6. The molecule has 17 N–H and O–H groups in total. The van der Waals surface area contributed by atoms with Crippen molar-refractivity contribution in [1.82, 2.24) is 71.8 Å². The summed E-state index contributed by atoms with van der Waals surface area (Å²) in [6.07, 6.45) is 4.73. The largest absolute Gasteiger partial charge is 0.499 e. The molecule has 1 aromatic carbocycles. The van der Waals surface area contributed by atoms with Crippen molar-refractivity contribution in [2.24, 2.45) is 0 Å². The van der Waals surface area contributed by atoms with Crippen LogP contribution in [0.5, 0.6) is 17.6 Å². The summed E-state index contributed by atoms with van der Waals surface area (Å²) in [6, 6.07) is 6.48. The van der Waals surface area contributed by atoms with Crippen LogP contribution in [-0.4, -0.2) is 421 Å². The summed E-state index contributed by atoms with van der Waals surface area (Å²) in [5, 5.41) is 94.8. The molecule has 0 spiro atoms. The highest BCUT2D eigenvalue weighted by Crippen LogP contribution is 2.32. The Kier molecular flexibility index (Phi) is 56.0. The van der Waals surface area contributed by atoms with Gasteiger partial charge in [0.25, 0.3) is 11.8 Å². The smallest absolute Gasteiger partial charge is 0.314 e. The number of imide groups is 1. The lowest BCUT2D eigenvalue weighted by Gasteiger charge is -2.43. The van der Waals surface area contributed by atoms with Crippen molar-refractivity contribution in [3.8, 4) is 17.6 Å². The fourth-order valence-electron chi connectivity index (χ4n) is 15.7. The number of aliphatic hydroxyl groups is 6. The van der Waals surface area contributed by atoms with Crippen molar-refractivity contribution < 1.29 is 153 Å². The summed E-state index contributed by atoms with van der Waals surface area (Å²) in [7, 11) is 0.533. The second kappa shape index (κ2) is 67.7. The second-order valence-electron chi connectivity index (χ2n) is 33.5. The summed E-state index contributed by atoms with van der Waals surface area (Å²) in [6.45, 7) is 10.4. The number of ether oxygens (including phenoxy) is 18. The van der Waals surface area contributed by atoms with Crippen LogP contribution in [0.2, 0.25) is 0 Å². The molecule has 3 aromatic heterocycles. The first-order valence-corrected chi connectivity index (χ1v) is 50.0. The molecule has 51 heteroatoms. The van der Waals surface area contributed by atoms with Crippen LogP contribution in [0.3, 0.4) is 0 Å². The van der Waals surface area contributed by atoms with Gasteiger partial charge in [-0.15, -0.1) is 0 Å². The van der Waals surface area contributed by atoms with Crippen LogP contribution in [0, 0.1) is 0 Å². The first-order chi connectivity index (χ1) is 69.4. The number of benzene rings is 1. The average molecular weight is 2050 g/mol. The molecule has 0 aliphatic carbocycles. The molecule has 9 amide bonds. The molecule has 4 aliphatic heterocycles. The zero-order valence-corrected chi connectivity index (χ0v) is 83.1. The van der Waals surface area contributed by atoms with E-state index >= 15 is 0 Å². The van der Waals surface area contributed by atoms with E-state index < -0.39 is 143 Å². The summed E-state index contributed by atoms with van der Waals surface area (Å²) in [5.74, 6) is -0.318. The monoisotopic (exact) mass is 2050 g/mol. The van der Waals surface area contributed by atoms with Gasteiger partial charge in [0.2, 0.25) is 51.4 Å². The van der Waals surface area contributed by atoms with Gasteiger partial charge < -0.3 is 169 Å². The number of sulfonamides is 1. The van der Waals surface area contributed by atoms with E-state index in [9.17, 15) is 67.8 Å². The van der Waals surface area contributed by atoms with E-state index in [2.05, 4.69) is 87.8 Å². The van der Waals surface area contributed by atoms with Crippen molar-refractivity contribution in [2.45, 2.75) is 200 Å². The van der Waals surface area contributed by atoms with E-state index in [-0.39, 0.29) is 244 Å². The van der Waals surface area contributed by atoms with Gasteiger partial charge in [0.1, 0.15) is 81.4 Å². The van der Waals surface area contributed by atoms with E-state index in [0.717, 1.165) is 36.3 Å². The average Bonchev–Trinajstić information content (AvgIpc) is 1.59. The summed E-state index contributed by atoms with van der Waals surface area (Å²) in [5.41, 5.74) is -0.776. The number of carbonyl (C=O) groups is 6. The number of aromatic nitrogens is 6. The van der Waals surface area contributed by atoms with Gasteiger partial charge in [-0.05, 0) is 82.1 Å². The Morgan fingerprint density at radius 1 is 0.406 bits per heavy atom. The highest BCUT2D eigenvalue weighted by molar-refractivity contribution is 7.89. The molecule has 7 heterocycles. The van der Waals surface area contributed by atoms with Gasteiger partial charge in [-0.25, -0.2) is 47.4 Å². The van der Waals surface area contributed by atoms with Gasteiger partial charge in [0.05, 0.1) is 179 Å². The maximum absolute atomic E-state index is 14.1. The van der Waals surface area contributed by atoms with Gasteiger partial charge in [-0.3, -0.25) is 14.4 Å². The maximum Gasteiger partial charge on any atom is 0.314 e. The standard InChI is InChI=1S/C92H148N18O32S/c1-7-13-65-77(83(117)80(114)68(140-65)60-125-4)106-86-93-32-22-72(103-86)137-57-54-134-51-45-129-40-35-99-89(120)96-29-10-26-92(109-71(111)25-39-128-44-49-133-50-48-132-43-38-102-143(123,124)64-18-16-63(17-19-64)110-75(112)20-21-76(110)113,27-11-30-97-90(121)100-36-41-130-46-52-135-55-58-138-73-23-33-94-87(104-73)107-78-66(14-8-2)141-69(61-126-5)81(115)84(78)118)28-12-31-98-91(122)101-37-42-131-47-53-136-56-59-139-74-24-34-95-88(105-74)108-79-67(15-9-3)142-70(62-127-6)82(116)85(79)119/h16-25,32-34,39,65-70,77-85,102,114-119H,7-15,26-31,35-38,40-62H2,1-6H3,(H,109,111)(H,93,103,106)(H,94,104,107)(H,95,105,108)(H2,96,99,120)(H2,97,100,121)(H2,98,101,122)/t65-,66-,67-,68-,69-,70-,77+,78+,79+,80+,81+,82+,83-,84-,85-/m1/s1. The van der Waals surface area contributed by atoms with Crippen molar-refractivity contribution >= 4 is 69.4 Å². The second-order valence-corrected chi connectivity index (χ2v) is 35.2. The third-order valence-corrected chi connectivity index (χ3v) is 24.2. The number of carbonyl (C=O) groups excluding carboxylic acids is 6. The van der Waals surface area contributed by atoms with Crippen molar-refractivity contribution in [3.63, 3.8) is 0 Å². The van der Waals surface area contributed by atoms with Crippen LogP contribution in [0.1, 0.15) is 97.8 Å². The first-order valence-electron chi connectivity index (χ1n) is 48.5. The number of hydrogen-bond donors (Lipinski definition) is 17. The first kappa shape index (κ1) is 118. The van der Waals surface area contributed by atoms with Crippen LogP contribution in [0.25, 0.3) is 0 Å². The van der Waals surface area contributed by atoms with Crippen LogP contribution < -0.4 is 77.0 Å². The normalized spacial score (nSPS) is 21.8. The van der Waals surface area contributed by atoms with Crippen LogP contribution in [0.4, 0.5) is 37.9 Å². The van der Waals surface area contributed by atoms with E-state index in [4.69, 9.17) is 85.3 Å². The van der Waals surface area contributed by atoms with Crippen LogP contribution in [0.15, 0.2) is 90.4 Å². The predicted octanol–water partition coefficient (Wildman–Crippen LogP) is -0.0938. The number of rotatable bonds is 75. The Hall–Kier alpha value is -9.93. The Balaban J connectivity index is 0.785. The van der Waals surface area contributed by atoms with Crippen LogP contribution in [-0.2, 0) is 95.5 Å². The molecular formula is C92H148N18O32S. The Labute approximate surface area is 833 Å². The lowest BCUT2D eigenvalue weighted by atomic mass is 9.83. The predicted molar refractivity (Wildman–Crippen MR) is 515 cm³/mol. The van der Waals surface area contributed by atoms with Crippen molar-refractivity contribution in [2.75, 3.05) is 240 Å². The Bertz CT molecular complexity index is 4140. The number of anilines is 4. The van der Waals surface area contributed by atoms with Gasteiger partial charge in [0.15, 0.2) is 0 Å². The molecule has 0 bridgehead atoms. The number of nitrogens with zero attached hydrogens (tertiary/aromatic N) is 7.